The normalized spacial score (nSPS) is 23.7. The molecule has 0 bridgehead atoms. The van der Waals surface area contributed by atoms with Gasteiger partial charge in [0.15, 0.2) is 0 Å². The predicted octanol–water partition coefficient (Wildman–Crippen LogP) is 1.87. The number of nitrogens with zero attached hydrogens (tertiary/aromatic N) is 1. The van der Waals surface area contributed by atoms with E-state index in [4.69, 9.17) is 0 Å². The quantitative estimate of drug-likeness (QED) is 0.791. The molecule has 15 heavy (non-hydrogen) atoms. The van der Waals surface area contributed by atoms with Gasteiger partial charge in [-0.25, -0.2) is 0 Å². The Labute approximate surface area is 92.3 Å². The summed E-state index contributed by atoms with van der Waals surface area (Å²) in [5.74, 6) is 0. The van der Waals surface area contributed by atoms with Gasteiger partial charge in [0.2, 0.25) is 0 Å². The van der Waals surface area contributed by atoms with E-state index in [1.807, 2.05) is 0 Å². The Balaban J connectivity index is 1.97. The Bertz CT molecular complexity index is 284. The van der Waals surface area contributed by atoms with Crippen LogP contribution in [0.1, 0.15) is 18.9 Å². The SMILES string of the molecule is CC1CNCCCN1Cc1ccccc1. The second-order valence-corrected chi connectivity index (χ2v) is 4.36. The number of rotatable bonds is 2. The number of benzene rings is 1. The molecule has 0 saturated carbocycles. The van der Waals surface area contributed by atoms with Crippen molar-refractivity contribution in [3.05, 3.63) is 35.9 Å². The van der Waals surface area contributed by atoms with Crippen molar-refractivity contribution in [3.8, 4) is 0 Å². The van der Waals surface area contributed by atoms with Crippen LogP contribution in [-0.4, -0.2) is 30.6 Å². The monoisotopic (exact) mass is 204 g/mol. The molecule has 1 aliphatic heterocycles. The van der Waals surface area contributed by atoms with Gasteiger partial charge in [-0.1, -0.05) is 30.3 Å². The van der Waals surface area contributed by atoms with Crippen LogP contribution in [0.5, 0.6) is 0 Å². The van der Waals surface area contributed by atoms with Crippen LogP contribution in [0.15, 0.2) is 30.3 Å². The number of nitrogens with one attached hydrogen (secondary N) is 1. The minimum absolute atomic E-state index is 0.646. The molecular weight excluding hydrogens is 184 g/mol. The first kappa shape index (κ1) is 10.7. The standard InChI is InChI=1S/C13H20N2/c1-12-10-14-8-5-9-15(12)11-13-6-3-2-4-7-13/h2-4,6-7,12,14H,5,8-11H2,1H3. The maximum Gasteiger partial charge on any atom is 0.0237 e. The van der Waals surface area contributed by atoms with Crippen LogP contribution in [0, 0.1) is 0 Å². The van der Waals surface area contributed by atoms with Crippen molar-refractivity contribution in [1.82, 2.24) is 10.2 Å². The maximum absolute atomic E-state index is 3.47. The molecule has 2 heteroatoms. The molecule has 1 fully saturated rings. The van der Waals surface area contributed by atoms with E-state index in [-0.39, 0.29) is 0 Å². The highest BCUT2D eigenvalue weighted by Crippen LogP contribution is 2.10. The van der Waals surface area contributed by atoms with Crippen molar-refractivity contribution in [1.29, 1.82) is 0 Å². The van der Waals surface area contributed by atoms with Gasteiger partial charge in [0.1, 0.15) is 0 Å². The highest BCUT2D eigenvalue weighted by molar-refractivity contribution is 5.14. The lowest BCUT2D eigenvalue weighted by Gasteiger charge is -2.26. The third-order valence-electron chi connectivity index (χ3n) is 3.09. The first-order valence-electron chi connectivity index (χ1n) is 5.85. The van der Waals surface area contributed by atoms with E-state index in [0.717, 1.165) is 19.6 Å². The zero-order valence-electron chi connectivity index (χ0n) is 9.45. The third kappa shape index (κ3) is 3.05. The zero-order valence-corrected chi connectivity index (χ0v) is 9.45. The molecule has 0 aliphatic carbocycles. The molecule has 1 unspecified atom stereocenters. The number of hydrogen-bond donors (Lipinski definition) is 1. The third-order valence-corrected chi connectivity index (χ3v) is 3.09. The summed E-state index contributed by atoms with van der Waals surface area (Å²) in [7, 11) is 0. The summed E-state index contributed by atoms with van der Waals surface area (Å²) in [4.78, 5) is 2.56. The minimum Gasteiger partial charge on any atom is -0.315 e. The van der Waals surface area contributed by atoms with Gasteiger partial charge in [-0.05, 0) is 25.5 Å². The molecule has 2 rings (SSSR count). The Morgan fingerprint density at radius 3 is 2.93 bits per heavy atom. The first-order valence-corrected chi connectivity index (χ1v) is 5.85. The lowest BCUT2D eigenvalue weighted by molar-refractivity contribution is 0.214. The van der Waals surface area contributed by atoms with E-state index in [9.17, 15) is 0 Å². The maximum atomic E-state index is 3.47. The summed E-state index contributed by atoms with van der Waals surface area (Å²) >= 11 is 0. The fourth-order valence-electron chi connectivity index (χ4n) is 2.12. The fraction of sp³-hybridized carbons (Fsp3) is 0.538. The van der Waals surface area contributed by atoms with Crippen LogP contribution in [0.2, 0.25) is 0 Å². The molecule has 1 heterocycles. The Hall–Kier alpha value is -0.860. The molecule has 2 nitrogen and oxygen atoms in total. The van der Waals surface area contributed by atoms with Crippen LogP contribution in [-0.2, 0) is 6.54 Å². The van der Waals surface area contributed by atoms with Gasteiger partial charge < -0.3 is 5.32 Å². The van der Waals surface area contributed by atoms with Crippen LogP contribution in [0.25, 0.3) is 0 Å². The lowest BCUT2D eigenvalue weighted by atomic mass is 10.2. The van der Waals surface area contributed by atoms with Crippen LogP contribution >= 0.6 is 0 Å². The van der Waals surface area contributed by atoms with E-state index in [2.05, 4.69) is 47.5 Å². The lowest BCUT2D eigenvalue weighted by Crippen LogP contribution is -2.36. The summed E-state index contributed by atoms with van der Waals surface area (Å²) in [6.07, 6.45) is 1.26. The van der Waals surface area contributed by atoms with E-state index in [1.165, 1.54) is 18.5 Å². The van der Waals surface area contributed by atoms with E-state index in [1.54, 1.807) is 0 Å². The first-order chi connectivity index (χ1) is 7.36. The molecular formula is C13H20N2. The van der Waals surface area contributed by atoms with Gasteiger partial charge in [-0.3, -0.25) is 4.90 Å². The minimum atomic E-state index is 0.646. The van der Waals surface area contributed by atoms with Crippen molar-refractivity contribution in [2.45, 2.75) is 25.9 Å². The zero-order chi connectivity index (χ0) is 10.5. The van der Waals surface area contributed by atoms with E-state index < -0.39 is 0 Å². The fourth-order valence-corrected chi connectivity index (χ4v) is 2.12. The van der Waals surface area contributed by atoms with Gasteiger partial charge in [-0.2, -0.15) is 0 Å². The molecule has 0 spiro atoms. The molecule has 0 radical (unpaired) electrons. The van der Waals surface area contributed by atoms with Crippen molar-refractivity contribution in [2.75, 3.05) is 19.6 Å². The molecule has 1 saturated heterocycles. The van der Waals surface area contributed by atoms with E-state index >= 15 is 0 Å². The van der Waals surface area contributed by atoms with Crippen molar-refractivity contribution < 1.29 is 0 Å². The second kappa shape index (κ2) is 5.29. The Morgan fingerprint density at radius 1 is 1.33 bits per heavy atom. The number of hydrogen-bond acceptors (Lipinski definition) is 2. The predicted molar refractivity (Wildman–Crippen MR) is 63.8 cm³/mol. The molecule has 1 N–H and O–H groups in total. The summed E-state index contributed by atoms with van der Waals surface area (Å²) in [6, 6.07) is 11.4. The van der Waals surface area contributed by atoms with Crippen molar-refractivity contribution in [3.63, 3.8) is 0 Å². The Morgan fingerprint density at radius 2 is 2.13 bits per heavy atom. The smallest absolute Gasteiger partial charge is 0.0237 e. The molecule has 1 aromatic rings. The van der Waals surface area contributed by atoms with Gasteiger partial charge >= 0.3 is 0 Å². The van der Waals surface area contributed by atoms with Crippen LogP contribution in [0.3, 0.4) is 0 Å². The van der Waals surface area contributed by atoms with Crippen molar-refractivity contribution in [2.24, 2.45) is 0 Å². The van der Waals surface area contributed by atoms with Crippen molar-refractivity contribution >= 4 is 0 Å². The van der Waals surface area contributed by atoms with Crippen LogP contribution < -0.4 is 5.32 Å². The van der Waals surface area contributed by atoms with Gasteiger partial charge in [-0.15, -0.1) is 0 Å². The molecule has 0 amide bonds. The highest BCUT2D eigenvalue weighted by Gasteiger charge is 2.15. The largest absolute Gasteiger partial charge is 0.315 e. The van der Waals surface area contributed by atoms with Crippen LogP contribution in [0.4, 0.5) is 0 Å². The molecule has 0 aromatic heterocycles. The highest BCUT2D eigenvalue weighted by atomic mass is 15.2. The molecule has 1 atom stereocenters. The molecule has 1 aliphatic rings. The average Bonchev–Trinajstić information content (AvgIpc) is 2.46. The Kier molecular flexibility index (Phi) is 3.75. The topological polar surface area (TPSA) is 15.3 Å². The summed E-state index contributed by atoms with van der Waals surface area (Å²) < 4.78 is 0. The van der Waals surface area contributed by atoms with Gasteiger partial charge in [0.05, 0.1) is 0 Å². The summed E-state index contributed by atoms with van der Waals surface area (Å²) in [5, 5.41) is 3.47. The van der Waals surface area contributed by atoms with Gasteiger partial charge in [0, 0.05) is 25.7 Å². The average molecular weight is 204 g/mol. The molecule has 1 aromatic carbocycles. The second-order valence-electron chi connectivity index (χ2n) is 4.36. The summed E-state index contributed by atoms with van der Waals surface area (Å²) in [6.45, 7) is 6.89. The molecule has 82 valence electrons. The summed E-state index contributed by atoms with van der Waals surface area (Å²) in [5.41, 5.74) is 1.42. The van der Waals surface area contributed by atoms with Gasteiger partial charge in [0.25, 0.3) is 0 Å². The van der Waals surface area contributed by atoms with E-state index in [0.29, 0.717) is 6.04 Å².